The Morgan fingerprint density at radius 1 is 0.793 bits per heavy atom. The van der Waals surface area contributed by atoms with Gasteiger partial charge in [-0.25, -0.2) is 9.97 Å². The summed E-state index contributed by atoms with van der Waals surface area (Å²) in [6, 6.07) is 18.1. The number of para-hydroxylation sites is 1. The van der Waals surface area contributed by atoms with Gasteiger partial charge in [-0.2, -0.15) is 0 Å². The van der Waals surface area contributed by atoms with Gasteiger partial charge in [0.15, 0.2) is 5.82 Å². The van der Waals surface area contributed by atoms with Crippen molar-refractivity contribution >= 4 is 56.9 Å². The zero-order valence-corrected chi connectivity index (χ0v) is 17.9. The highest BCUT2D eigenvalue weighted by molar-refractivity contribution is 7.14. The molecule has 146 valence electrons. The van der Waals surface area contributed by atoms with Crippen molar-refractivity contribution in [1.29, 1.82) is 0 Å². The predicted octanol–water partition coefficient (Wildman–Crippen LogP) is 5.99. The van der Waals surface area contributed by atoms with Crippen LogP contribution in [0.1, 0.15) is 0 Å². The molecule has 4 aromatic rings. The zero-order valence-electron chi connectivity index (χ0n) is 15.6. The van der Waals surface area contributed by atoms with Crippen LogP contribution in [-0.2, 0) is 0 Å². The average Bonchev–Trinajstić information content (AvgIpc) is 3.19. The number of hydrogen-bond donors (Lipinski definition) is 0. The van der Waals surface area contributed by atoms with Gasteiger partial charge in [0.25, 0.3) is 0 Å². The van der Waals surface area contributed by atoms with Crippen molar-refractivity contribution in [2.24, 2.45) is 0 Å². The first-order valence-electron chi connectivity index (χ1n) is 9.45. The van der Waals surface area contributed by atoms with Gasteiger partial charge in [-0.3, -0.25) is 0 Å². The van der Waals surface area contributed by atoms with E-state index < -0.39 is 0 Å². The Labute approximate surface area is 183 Å². The number of thiophene rings is 1. The molecule has 0 radical (unpaired) electrons. The fourth-order valence-electron chi connectivity index (χ4n) is 3.68. The summed E-state index contributed by atoms with van der Waals surface area (Å²) < 4.78 is 0. The van der Waals surface area contributed by atoms with Crippen LogP contribution < -0.4 is 9.80 Å². The summed E-state index contributed by atoms with van der Waals surface area (Å²) in [5.74, 6) is 1.67. The number of nitrogens with zero attached hydrogens (tertiary/aromatic N) is 4. The quantitative estimate of drug-likeness (QED) is 0.391. The van der Waals surface area contributed by atoms with Gasteiger partial charge in [-0.15, -0.1) is 11.3 Å². The van der Waals surface area contributed by atoms with Crippen molar-refractivity contribution < 1.29 is 0 Å². The van der Waals surface area contributed by atoms with Gasteiger partial charge >= 0.3 is 0 Å². The molecule has 0 saturated carbocycles. The molecule has 29 heavy (non-hydrogen) atoms. The van der Waals surface area contributed by atoms with Crippen molar-refractivity contribution in [1.82, 2.24) is 9.97 Å². The van der Waals surface area contributed by atoms with Crippen LogP contribution in [-0.4, -0.2) is 36.1 Å². The molecule has 5 rings (SSSR count). The SMILES string of the molecule is Clc1ccc(N2CCN(c3nc(-c4sccc4Cl)nc4ccccc34)CC2)cc1. The van der Waals surface area contributed by atoms with Gasteiger partial charge in [0.05, 0.1) is 15.4 Å². The first kappa shape index (κ1) is 18.7. The molecule has 1 aliphatic rings. The van der Waals surface area contributed by atoms with E-state index in [4.69, 9.17) is 33.2 Å². The van der Waals surface area contributed by atoms with E-state index in [2.05, 4.69) is 28.0 Å². The van der Waals surface area contributed by atoms with Gasteiger partial charge in [0, 0.05) is 42.3 Å². The van der Waals surface area contributed by atoms with E-state index in [1.165, 1.54) is 5.69 Å². The Bertz CT molecular complexity index is 1150. The van der Waals surface area contributed by atoms with Crippen LogP contribution in [0, 0.1) is 0 Å². The normalized spacial score (nSPS) is 14.6. The van der Waals surface area contributed by atoms with E-state index in [9.17, 15) is 0 Å². The molecular weight excluding hydrogens is 423 g/mol. The molecule has 0 unspecified atom stereocenters. The largest absolute Gasteiger partial charge is 0.368 e. The maximum atomic E-state index is 6.36. The van der Waals surface area contributed by atoms with Crippen LogP contribution in [0.25, 0.3) is 21.6 Å². The minimum atomic E-state index is 0.693. The first-order valence-corrected chi connectivity index (χ1v) is 11.1. The third-order valence-corrected chi connectivity index (χ3v) is 6.76. The minimum absolute atomic E-state index is 0.693. The Balaban J connectivity index is 1.47. The van der Waals surface area contributed by atoms with E-state index in [1.54, 1.807) is 11.3 Å². The monoisotopic (exact) mass is 440 g/mol. The molecule has 7 heteroatoms. The number of piperazine rings is 1. The molecule has 0 aliphatic carbocycles. The minimum Gasteiger partial charge on any atom is -0.368 e. The number of anilines is 2. The van der Waals surface area contributed by atoms with Gasteiger partial charge in [0.1, 0.15) is 5.82 Å². The lowest BCUT2D eigenvalue weighted by Crippen LogP contribution is -2.47. The third-order valence-electron chi connectivity index (χ3n) is 5.17. The second-order valence-corrected chi connectivity index (χ2v) is 8.70. The zero-order chi connectivity index (χ0) is 19.8. The highest BCUT2D eigenvalue weighted by Crippen LogP contribution is 2.34. The molecule has 1 fully saturated rings. The molecule has 3 heterocycles. The lowest BCUT2D eigenvalue weighted by molar-refractivity contribution is 0.649. The van der Waals surface area contributed by atoms with Crippen LogP contribution in [0.4, 0.5) is 11.5 Å². The summed E-state index contributed by atoms with van der Waals surface area (Å²) >= 11 is 14.0. The topological polar surface area (TPSA) is 32.3 Å². The average molecular weight is 441 g/mol. The highest BCUT2D eigenvalue weighted by Gasteiger charge is 2.22. The predicted molar refractivity (Wildman–Crippen MR) is 124 cm³/mol. The second kappa shape index (κ2) is 7.82. The third kappa shape index (κ3) is 3.66. The number of hydrogen-bond acceptors (Lipinski definition) is 5. The fourth-order valence-corrected chi connectivity index (χ4v) is 4.88. The van der Waals surface area contributed by atoms with Gasteiger partial charge in [-0.05, 0) is 47.8 Å². The summed E-state index contributed by atoms with van der Waals surface area (Å²) in [7, 11) is 0. The Kier molecular flexibility index (Phi) is 5.04. The van der Waals surface area contributed by atoms with Crippen LogP contribution >= 0.6 is 34.5 Å². The molecule has 2 aromatic carbocycles. The number of benzene rings is 2. The van der Waals surface area contributed by atoms with Crippen molar-refractivity contribution in [2.75, 3.05) is 36.0 Å². The van der Waals surface area contributed by atoms with Crippen molar-refractivity contribution in [3.05, 3.63) is 70.0 Å². The van der Waals surface area contributed by atoms with Gasteiger partial charge < -0.3 is 9.80 Å². The number of aromatic nitrogens is 2. The lowest BCUT2D eigenvalue weighted by atomic mass is 10.2. The van der Waals surface area contributed by atoms with Crippen molar-refractivity contribution in [3.63, 3.8) is 0 Å². The summed E-state index contributed by atoms with van der Waals surface area (Å²) in [6.45, 7) is 3.63. The van der Waals surface area contributed by atoms with E-state index >= 15 is 0 Å². The number of fused-ring (bicyclic) bond motifs is 1. The Hall–Kier alpha value is -2.34. The standard InChI is InChI=1S/C22H18Cl2N4S/c23-15-5-7-16(8-6-15)27-10-12-28(13-11-27)22-17-3-1-2-4-19(17)25-21(26-22)20-18(24)9-14-29-20/h1-9,14H,10-13H2. The van der Waals surface area contributed by atoms with Crippen molar-refractivity contribution in [3.8, 4) is 10.7 Å². The van der Waals surface area contributed by atoms with Crippen LogP contribution in [0.15, 0.2) is 60.0 Å². The molecule has 0 spiro atoms. The van der Waals surface area contributed by atoms with Crippen molar-refractivity contribution in [2.45, 2.75) is 0 Å². The number of rotatable bonds is 3. The lowest BCUT2D eigenvalue weighted by Gasteiger charge is -2.37. The smallest absolute Gasteiger partial charge is 0.173 e. The summed E-state index contributed by atoms with van der Waals surface area (Å²) in [5, 5.41) is 4.51. The Morgan fingerprint density at radius 2 is 1.52 bits per heavy atom. The summed E-state index contributed by atoms with van der Waals surface area (Å²) in [5.41, 5.74) is 2.14. The Morgan fingerprint density at radius 3 is 2.24 bits per heavy atom. The van der Waals surface area contributed by atoms with E-state index in [0.717, 1.165) is 52.8 Å². The van der Waals surface area contributed by atoms with Crippen LogP contribution in [0.5, 0.6) is 0 Å². The molecule has 4 nitrogen and oxygen atoms in total. The maximum absolute atomic E-state index is 6.36. The van der Waals surface area contributed by atoms with Crippen LogP contribution in [0.2, 0.25) is 10.0 Å². The molecule has 0 bridgehead atoms. The van der Waals surface area contributed by atoms with Gasteiger partial charge in [-0.1, -0.05) is 35.3 Å². The van der Waals surface area contributed by atoms with E-state index in [1.807, 2.05) is 41.8 Å². The van der Waals surface area contributed by atoms with Gasteiger partial charge in [0.2, 0.25) is 0 Å². The molecule has 1 aliphatic heterocycles. The molecule has 1 saturated heterocycles. The first-order chi connectivity index (χ1) is 14.2. The molecule has 2 aromatic heterocycles. The summed E-state index contributed by atoms with van der Waals surface area (Å²) in [6.07, 6.45) is 0. The van der Waals surface area contributed by atoms with E-state index in [-0.39, 0.29) is 0 Å². The molecule has 0 N–H and O–H groups in total. The summed E-state index contributed by atoms with van der Waals surface area (Å²) in [4.78, 5) is 15.4. The second-order valence-electron chi connectivity index (χ2n) is 6.94. The van der Waals surface area contributed by atoms with Crippen LogP contribution in [0.3, 0.4) is 0 Å². The van der Waals surface area contributed by atoms with E-state index in [0.29, 0.717) is 10.8 Å². The molecular formula is C22H18Cl2N4S. The highest BCUT2D eigenvalue weighted by atomic mass is 35.5. The molecule has 0 amide bonds. The number of halogens is 2. The fraction of sp³-hybridized carbons (Fsp3) is 0.182. The molecule has 0 atom stereocenters. The maximum Gasteiger partial charge on any atom is 0.173 e.